The third kappa shape index (κ3) is 3.00. The molecule has 1 aliphatic heterocycles. The lowest BCUT2D eigenvalue weighted by atomic mass is 10.1. The van der Waals surface area contributed by atoms with E-state index >= 15 is 0 Å². The smallest absolute Gasteiger partial charge is 0.0408 e. The maximum absolute atomic E-state index is 5.96. The molecule has 1 aliphatic rings. The van der Waals surface area contributed by atoms with Gasteiger partial charge < -0.3 is 10.2 Å². The SMILES string of the molecule is C=C(Cc1cccc(Cl)c1)N1CCNCC1. The number of rotatable bonds is 3. The highest BCUT2D eigenvalue weighted by molar-refractivity contribution is 6.30. The summed E-state index contributed by atoms with van der Waals surface area (Å²) in [5, 5.41) is 4.14. The fourth-order valence-corrected chi connectivity index (χ4v) is 2.19. The molecule has 16 heavy (non-hydrogen) atoms. The molecular weight excluding hydrogens is 220 g/mol. The highest BCUT2D eigenvalue weighted by atomic mass is 35.5. The summed E-state index contributed by atoms with van der Waals surface area (Å²) in [6, 6.07) is 8.00. The van der Waals surface area contributed by atoms with E-state index in [2.05, 4.69) is 22.9 Å². The number of benzene rings is 1. The molecule has 0 radical (unpaired) electrons. The fraction of sp³-hybridized carbons (Fsp3) is 0.385. The van der Waals surface area contributed by atoms with Gasteiger partial charge in [-0.2, -0.15) is 0 Å². The molecule has 86 valence electrons. The van der Waals surface area contributed by atoms with Crippen LogP contribution in [0.15, 0.2) is 36.5 Å². The monoisotopic (exact) mass is 236 g/mol. The Labute approximate surface area is 102 Å². The number of nitrogens with one attached hydrogen (secondary N) is 1. The highest BCUT2D eigenvalue weighted by Gasteiger charge is 2.11. The van der Waals surface area contributed by atoms with Crippen LogP contribution in [0.4, 0.5) is 0 Å². The van der Waals surface area contributed by atoms with Crippen molar-refractivity contribution in [1.82, 2.24) is 10.2 Å². The average molecular weight is 237 g/mol. The van der Waals surface area contributed by atoms with Gasteiger partial charge in [-0.3, -0.25) is 0 Å². The summed E-state index contributed by atoms with van der Waals surface area (Å²) in [6.07, 6.45) is 0.889. The molecule has 1 fully saturated rings. The Hall–Kier alpha value is -0.990. The maximum atomic E-state index is 5.96. The van der Waals surface area contributed by atoms with E-state index in [1.54, 1.807) is 0 Å². The Morgan fingerprint density at radius 2 is 2.12 bits per heavy atom. The van der Waals surface area contributed by atoms with Gasteiger partial charge in [-0.05, 0) is 17.7 Å². The van der Waals surface area contributed by atoms with E-state index in [1.807, 2.05) is 18.2 Å². The number of hydrogen-bond donors (Lipinski definition) is 1. The molecule has 0 unspecified atom stereocenters. The van der Waals surface area contributed by atoms with Gasteiger partial charge in [-0.15, -0.1) is 0 Å². The van der Waals surface area contributed by atoms with Crippen molar-refractivity contribution in [1.29, 1.82) is 0 Å². The molecule has 0 atom stereocenters. The molecule has 0 spiro atoms. The lowest BCUT2D eigenvalue weighted by molar-refractivity contribution is 0.295. The Bertz CT molecular complexity index is 370. The summed E-state index contributed by atoms with van der Waals surface area (Å²) >= 11 is 5.96. The first-order valence-electron chi connectivity index (χ1n) is 5.63. The second-order valence-electron chi connectivity index (χ2n) is 4.11. The van der Waals surface area contributed by atoms with Crippen LogP contribution in [0.5, 0.6) is 0 Å². The predicted molar refractivity (Wildman–Crippen MR) is 68.7 cm³/mol. The first-order chi connectivity index (χ1) is 7.75. The van der Waals surface area contributed by atoms with E-state index in [4.69, 9.17) is 11.6 Å². The summed E-state index contributed by atoms with van der Waals surface area (Å²) in [6.45, 7) is 8.37. The van der Waals surface area contributed by atoms with Crippen molar-refractivity contribution >= 4 is 11.6 Å². The van der Waals surface area contributed by atoms with Crippen LogP contribution in [0, 0.1) is 0 Å². The topological polar surface area (TPSA) is 15.3 Å². The van der Waals surface area contributed by atoms with E-state index in [0.29, 0.717) is 0 Å². The van der Waals surface area contributed by atoms with Crippen LogP contribution in [0.25, 0.3) is 0 Å². The van der Waals surface area contributed by atoms with Crippen LogP contribution in [-0.4, -0.2) is 31.1 Å². The second-order valence-corrected chi connectivity index (χ2v) is 4.55. The average Bonchev–Trinajstić information content (AvgIpc) is 2.30. The molecule has 1 aromatic carbocycles. The minimum absolute atomic E-state index is 0.797. The number of allylic oxidation sites excluding steroid dienone is 1. The molecule has 1 saturated heterocycles. The minimum atomic E-state index is 0.797. The minimum Gasteiger partial charge on any atom is -0.372 e. The Morgan fingerprint density at radius 1 is 1.38 bits per heavy atom. The van der Waals surface area contributed by atoms with Crippen LogP contribution < -0.4 is 5.32 Å². The molecule has 2 rings (SSSR count). The maximum Gasteiger partial charge on any atom is 0.0408 e. The zero-order chi connectivity index (χ0) is 11.4. The Kier molecular flexibility index (Phi) is 3.86. The van der Waals surface area contributed by atoms with Gasteiger partial charge in [0, 0.05) is 43.3 Å². The van der Waals surface area contributed by atoms with Crippen molar-refractivity contribution in [2.75, 3.05) is 26.2 Å². The molecule has 3 heteroatoms. The number of hydrogen-bond acceptors (Lipinski definition) is 2. The van der Waals surface area contributed by atoms with Gasteiger partial charge >= 0.3 is 0 Å². The van der Waals surface area contributed by atoms with Crippen LogP contribution in [0.2, 0.25) is 5.02 Å². The van der Waals surface area contributed by atoms with E-state index in [-0.39, 0.29) is 0 Å². The fourth-order valence-electron chi connectivity index (χ4n) is 1.98. The zero-order valence-electron chi connectivity index (χ0n) is 9.38. The summed E-state index contributed by atoms with van der Waals surface area (Å²) in [5.41, 5.74) is 2.42. The second kappa shape index (κ2) is 5.37. The highest BCUT2D eigenvalue weighted by Crippen LogP contribution is 2.15. The Morgan fingerprint density at radius 3 is 2.81 bits per heavy atom. The first-order valence-corrected chi connectivity index (χ1v) is 6.01. The van der Waals surface area contributed by atoms with Gasteiger partial charge in [0.05, 0.1) is 0 Å². The van der Waals surface area contributed by atoms with Crippen molar-refractivity contribution < 1.29 is 0 Å². The van der Waals surface area contributed by atoms with Crippen LogP contribution in [0.1, 0.15) is 5.56 Å². The molecule has 0 bridgehead atoms. The van der Waals surface area contributed by atoms with Gasteiger partial charge in [0.2, 0.25) is 0 Å². The first kappa shape index (κ1) is 11.5. The summed E-state index contributed by atoms with van der Waals surface area (Å²) in [7, 11) is 0. The molecule has 0 saturated carbocycles. The molecule has 1 heterocycles. The lowest BCUT2D eigenvalue weighted by Gasteiger charge is -2.31. The largest absolute Gasteiger partial charge is 0.372 e. The number of halogens is 1. The molecular formula is C13H17ClN2. The number of nitrogens with zero attached hydrogens (tertiary/aromatic N) is 1. The normalized spacial score (nSPS) is 16.2. The molecule has 0 aliphatic carbocycles. The van der Waals surface area contributed by atoms with Gasteiger partial charge in [-0.1, -0.05) is 30.3 Å². The predicted octanol–water partition coefficient (Wildman–Crippen LogP) is 2.30. The van der Waals surface area contributed by atoms with E-state index in [1.165, 1.54) is 11.3 Å². The van der Waals surface area contributed by atoms with Gasteiger partial charge in [0.15, 0.2) is 0 Å². The molecule has 0 aromatic heterocycles. The van der Waals surface area contributed by atoms with E-state index in [9.17, 15) is 0 Å². The third-order valence-electron chi connectivity index (χ3n) is 2.86. The Balaban J connectivity index is 1.96. The molecule has 2 nitrogen and oxygen atoms in total. The summed E-state index contributed by atoms with van der Waals surface area (Å²) in [5.74, 6) is 0. The molecule has 1 aromatic rings. The van der Waals surface area contributed by atoms with Crippen molar-refractivity contribution in [3.05, 3.63) is 47.1 Å². The van der Waals surface area contributed by atoms with Crippen LogP contribution in [0.3, 0.4) is 0 Å². The van der Waals surface area contributed by atoms with E-state index in [0.717, 1.165) is 37.6 Å². The summed E-state index contributed by atoms with van der Waals surface area (Å²) < 4.78 is 0. The quantitative estimate of drug-likeness (QED) is 0.867. The van der Waals surface area contributed by atoms with Crippen molar-refractivity contribution in [2.45, 2.75) is 6.42 Å². The van der Waals surface area contributed by atoms with Crippen LogP contribution in [-0.2, 0) is 6.42 Å². The standard InChI is InChI=1S/C13H17ClN2/c1-11(16-7-5-15-6-8-16)9-12-3-2-4-13(14)10-12/h2-4,10,15H,1,5-9H2. The van der Waals surface area contributed by atoms with Crippen molar-refractivity contribution in [3.8, 4) is 0 Å². The summed E-state index contributed by atoms with van der Waals surface area (Å²) in [4.78, 5) is 2.34. The van der Waals surface area contributed by atoms with Crippen LogP contribution >= 0.6 is 11.6 Å². The lowest BCUT2D eigenvalue weighted by Crippen LogP contribution is -2.42. The zero-order valence-corrected chi connectivity index (χ0v) is 10.1. The van der Waals surface area contributed by atoms with Gasteiger partial charge in [0.25, 0.3) is 0 Å². The van der Waals surface area contributed by atoms with Crippen molar-refractivity contribution in [2.24, 2.45) is 0 Å². The third-order valence-corrected chi connectivity index (χ3v) is 3.10. The number of piperazine rings is 1. The van der Waals surface area contributed by atoms with Gasteiger partial charge in [-0.25, -0.2) is 0 Å². The van der Waals surface area contributed by atoms with E-state index < -0.39 is 0 Å². The molecule has 0 amide bonds. The van der Waals surface area contributed by atoms with Crippen molar-refractivity contribution in [3.63, 3.8) is 0 Å². The molecule has 1 N–H and O–H groups in total. The van der Waals surface area contributed by atoms with Gasteiger partial charge in [0.1, 0.15) is 0 Å².